The Kier molecular flexibility index (Phi) is 3.41. The molecule has 4 heteroatoms. The Labute approximate surface area is 101 Å². The van der Waals surface area contributed by atoms with Gasteiger partial charge < -0.3 is 15.4 Å². The summed E-state index contributed by atoms with van der Waals surface area (Å²) in [4.78, 5) is 2.73. The first-order valence-electron chi connectivity index (χ1n) is 5.44. The summed E-state index contributed by atoms with van der Waals surface area (Å²) in [5.74, 6) is 0. The summed E-state index contributed by atoms with van der Waals surface area (Å²) in [5, 5.41) is 0. The molecular formula is C12H16N2OS. The van der Waals surface area contributed by atoms with Gasteiger partial charge in [0.25, 0.3) is 0 Å². The van der Waals surface area contributed by atoms with Crippen molar-refractivity contribution in [3.8, 4) is 0 Å². The fraction of sp³-hybridized carbons (Fsp3) is 0.417. The highest BCUT2D eigenvalue weighted by Crippen LogP contribution is 2.22. The van der Waals surface area contributed by atoms with Gasteiger partial charge >= 0.3 is 0 Å². The first-order chi connectivity index (χ1) is 7.68. The molecular weight excluding hydrogens is 220 g/mol. The molecule has 1 aliphatic rings. The SMILES string of the molecule is CC1CN(c2ccccc2C(N)=S)CCO1. The second kappa shape index (κ2) is 4.80. The van der Waals surface area contributed by atoms with E-state index in [0.717, 1.165) is 30.9 Å². The third-order valence-corrected chi connectivity index (χ3v) is 2.97. The standard InChI is InChI=1S/C12H16N2OS/c1-9-8-14(6-7-15-9)11-5-3-2-4-10(11)12(13)16/h2-5,9H,6-8H2,1H3,(H2,13,16). The molecule has 16 heavy (non-hydrogen) atoms. The van der Waals surface area contributed by atoms with Gasteiger partial charge in [0.15, 0.2) is 0 Å². The third-order valence-electron chi connectivity index (χ3n) is 2.75. The predicted octanol–water partition coefficient (Wildman–Crippen LogP) is 1.55. The van der Waals surface area contributed by atoms with E-state index < -0.39 is 0 Å². The van der Waals surface area contributed by atoms with Crippen molar-refractivity contribution in [2.45, 2.75) is 13.0 Å². The van der Waals surface area contributed by atoms with Gasteiger partial charge in [0.05, 0.1) is 12.7 Å². The number of thiocarbonyl (C=S) groups is 1. The van der Waals surface area contributed by atoms with E-state index in [1.807, 2.05) is 18.2 Å². The number of hydrogen-bond donors (Lipinski definition) is 1. The van der Waals surface area contributed by atoms with E-state index in [1.54, 1.807) is 0 Å². The summed E-state index contributed by atoms with van der Waals surface area (Å²) in [6.07, 6.45) is 0.258. The number of para-hydroxylation sites is 1. The van der Waals surface area contributed by atoms with Crippen molar-refractivity contribution >= 4 is 22.9 Å². The first kappa shape index (κ1) is 11.4. The van der Waals surface area contributed by atoms with Gasteiger partial charge in [-0.25, -0.2) is 0 Å². The molecule has 0 aromatic heterocycles. The zero-order chi connectivity index (χ0) is 11.5. The number of nitrogens with two attached hydrogens (primary N) is 1. The molecule has 1 atom stereocenters. The summed E-state index contributed by atoms with van der Waals surface area (Å²) >= 11 is 5.07. The summed E-state index contributed by atoms with van der Waals surface area (Å²) in [5.41, 5.74) is 7.80. The van der Waals surface area contributed by atoms with E-state index in [1.165, 1.54) is 0 Å². The summed E-state index contributed by atoms with van der Waals surface area (Å²) in [6, 6.07) is 8.00. The minimum absolute atomic E-state index is 0.258. The van der Waals surface area contributed by atoms with E-state index in [-0.39, 0.29) is 6.10 Å². The average molecular weight is 236 g/mol. The van der Waals surface area contributed by atoms with E-state index in [0.29, 0.717) is 4.99 Å². The minimum atomic E-state index is 0.258. The van der Waals surface area contributed by atoms with E-state index in [9.17, 15) is 0 Å². The van der Waals surface area contributed by atoms with Crippen LogP contribution in [0.4, 0.5) is 5.69 Å². The Morgan fingerprint density at radius 3 is 2.94 bits per heavy atom. The van der Waals surface area contributed by atoms with Gasteiger partial charge in [-0.3, -0.25) is 0 Å². The molecule has 1 unspecified atom stereocenters. The number of rotatable bonds is 2. The highest BCUT2D eigenvalue weighted by atomic mass is 32.1. The largest absolute Gasteiger partial charge is 0.389 e. The fourth-order valence-corrected chi connectivity index (χ4v) is 2.17. The van der Waals surface area contributed by atoms with E-state index >= 15 is 0 Å². The van der Waals surface area contributed by atoms with Gasteiger partial charge in [-0.1, -0.05) is 24.4 Å². The van der Waals surface area contributed by atoms with Crippen LogP contribution in [0.5, 0.6) is 0 Å². The Hall–Kier alpha value is -1.13. The smallest absolute Gasteiger partial charge is 0.106 e. The van der Waals surface area contributed by atoms with Crippen molar-refractivity contribution < 1.29 is 4.74 Å². The van der Waals surface area contributed by atoms with Gasteiger partial charge in [-0.2, -0.15) is 0 Å². The number of morpholine rings is 1. The van der Waals surface area contributed by atoms with Crippen molar-refractivity contribution in [1.29, 1.82) is 0 Å². The molecule has 3 nitrogen and oxygen atoms in total. The van der Waals surface area contributed by atoms with Crippen LogP contribution in [-0.4, -0.2) is 30.8 Å². The maximum absolute atomic E-state index is 5.73. The molecule has 2 N–H and O–H groups in total. The first-order valence-corrected chi connectivity index (χ1v) is 5.84. The van der Waals surface area contributed by atoms with E-state index in [4.69, 9.17) is 22.7 Å². The number of nitrogens with zero attached hydrogens (tertiary/aromatic N) is 1. The minimum Gasteiger partial charge on any atom is -0.389 e. The summed E-state index contributed by atoms with van der Waals surface area (Å²) in [7, 11) is 0. The van der Waals surface area contributed by atoms with Crippen molar-refractivity contribution in [2.75, 3.05) is 24.6 Å². The molecule has 0 spiro atoms. The van der Waals surface area contributed by atoms with Crippen molar-refractivity contribution in [1.82, 2.24) is 0 Å². The van der Waals surface area contributed by atoms with Gasteiger partial charge in [-0.15, -0.1) is 0 Å². The van der Waals surface area contributed by atoms with E-state index in [2.05, 4.69) is 17.9 Å². The van der Waals surface area contributed by atoms with Crippen LogP contribution < -0.4 is 10.6 Å². The van der Waals surface area contributed by atoms with Crippen LogP contribution in [-0.2, 0) is 4.74 Å². The maximum Gasteiger partial charge on any atom is 0.106 e. The number of hydrogen-bond acceptors (Lipinski definition) is 3. The molecule has 86 valence electrons. The van der Waals surface area contributed by atoms with Crippen LogP contribution in [0.3, 0.4) is 0 Å². The molecule has 0 saturated carbocycles. The predicted molar refractivity (Wildman–Crippen MR) is 70.0 cm³/mol. The average Bonchev–Trinajstić information content (AvgIpc) is 2.29. The molecule has 1 heterocycles. The number of anilines is 1. The summed E-state index contributed by atoms with van der Waals surface area (Å²) < 4.78 is 5.52. The van der Waals surface area contributed by atoms with Crippen LogP contribution in [0.1, 0.15) is 12.5 Å². The third kappa shape index (κ3) is 2.33. The van der Waals surface area contributed by atoms with Crippen LogP contribution in [0, 0.1) is 0 Å². The maximum atomic E-state index is 5.73. The lowest BCUT2D eigenvalue weighted by atomic mass is 10.1. The van der Waals surface area contributed by atoms with Gasteiger partial charge in [0, 0.05) is 24.3 Å². The molecule has 0 aliphatic carbocycles. The second-order valence-corrected chi connectivity index (χ2v) is 4.45. The molecule has 1 aromatic carbocycles. The Balaban J connectivity index is 2.28. The Morgan fingerprint density at radius 2 is 2.25 bits per heavy atom. The van der Waals surface area contributed by atoms with Gasteiger partial charge in [-0.05, 0) is 19.1 Å². The fourth-order valence-electron chi connectivity index (χ4n) is 1.99. The molecule has 1 aromatic rings. The normalized spacial score (nSPS) is 20.8. The molecule has 2 rings (SSSR count). The Bertz CT molecular complexity index is 394. The summed E-state index contributed by atoms with van der Waals surface area (Å²) in [6.45, 7) is 4.62. The van der Waals surface area contributed by atoms with Gasteiger partial charge in [0.2, 0.25) is 0 Å². The van der Waals surface area contributed by atoms with Crippen molar-refractivity contribution in [2.24, 2.45) is 5.73 Å². The van der Waals surface area contributed by atoms with Crippen molar-refractivity contribution in [3.63, 3.8) is 0 Å². The van der Waals surface area contributed by atoms with Crippen LogP contribution in [0.15, 0.2) is 24.3 Å². The van der Waals surface area contributed by atoms with Crippen LogP contribution in [0.25, 0.3) is 0 Å². The lowest BCUT2D eigenvalue weighted by Gasteiger charge is -2.34. The van der Waals surface area contributed by atoms with Crippen LogP contribution in [0.2, 0.25) is 0 Å². The van der Waals surface area contributed by atoms with Gasteiger partial charge in [0.1, 0.15) is 4.99 Å². The molecule has 0 amide bonds. The molecule has 1 fully saturated rings. The Morgan fingerprint density at radius 1 is 1.50 bits per heavy atom. The van der Waals surface area contributed by atoms with Crippen molar-refractivity contribution in [3.05, 3.63) is 29.8 Å². The number of ether oxygens (including phenoxy) is 1. The monoisotopic (exact) mass is 236 g/mol. The molecule has 0 radical (unpaired) electrons. The molecule has 0 bridgehead atoms. The number of benzene rings is 1. The zero-order valence-corrected chi connectivity index (χ0v) is 10.2. The van der Waals surface area contributed by atoms with Crippen LogP contribution >= 0.6 is 12.2 Å². The quantitative estimate of drug-likeness (QED) is 0.791. The lowest BCUT2D eigenvalue weighted by Crippen LogP contribution is -2.41. The second-order valence-electron chi connectivity index (χ2n) is 4.01. The highest BCUT2D eigenvalue weighted by molar-refractivity contribution is 7.80. The molecule has 1 saturated heterocycles. The highest BCUT2D eigenvalue weighted by Gasteiger charge is 2.19. The molecule has 1 aliphatic heterocycles. The lowest BCUT2D eigenvalue weighted by molar-refractivity contribution is 0.0532. The topological polar surface area (TPSA) is 38.5 Å². The zero-order valence-electron chi connectivity index (χ0n) is 9.35.